The van der Waals surface area contributed by atoms with Gasteiger partial charge in [0.05, 0.1) is 23.2 Å². The van der Waals surface area contributed by atoms with E-state index < -0.39 is 22.6 Å². The standard InChI is InChI=1S/C26H31N3O4S/c1-2-12-27-13-6-10-19-20(23(27)31)21-24(32)29(15-16-30)22-25(33)28(14-7-11-26(21,22)34-19)17-18-8-4-3-5-9-18/h3-11,19-22,30H,2,12-17H2,1H3/t19-,20+,21+,22?,26+/m1/s1. The van der Waals surface area contributed by atoms with E-state index in [4.69, 9.17) is 0 Å². The lowest BCUT2D eigenvalue weighted by molar-refractivity contribution is -0.144. The van der Waals surface area contributed by atoms with Crippen molar-refractivity contribution < 1.29 is 19.5 Å². The number of carbonyl (C=O) groups is 3. The molecule has 0 aromatic heterocycles. The van der Waals surface area contributed by atoms with Crippen LogP contribution < -0.4 is 0 Å². The summed E-state index contributed by atoms with van der Waals surface area (Å²) in [5.74, 6) is -1.45. The predicted molar refractivity (Wildman–Crippen MR) is 131 cm³/mol. The van der Waals surface area contributed by atoms with E-state index in [1.165, 1.54) is 4.90 Å². The fourth-order valence-electron chi connectivity index (χ4n) is 6.00. The Kier molecular flexibility index (Phi) is 6.29. The van der Waals surface area contributed by atoms with Crippen LogP contribution in [0, 0.1) is 11.8 Å². The number of rotatable bonds is 6. The summed E-state index contributed by atoms with van der Waals surface area (Å²) in [5, 5.41) is 9.61. The molecule has 5 atom stereocenters. The second kappa shape index (κ2) is 9.23. The minimum atomic E-state index is -0.820. The molecule has 7 nitrogen and oxygen atoms in total. The molecule has 4 heterocycles. The maximum atomic E-state index is 14.0. The van der Waals surface area contributed by atoms with Gasteiger partial charge in [0.25, 0.3) is 0 Å². The molecule has 1 unspecified atom stereocenters. The van der Waals surface area contributed by atoms with Crippen LogP contribution in [0.5, 0.6) is 0 Å². The van der Waals surface area contributed by atoms with Crippen molar-refractivity contribution in [3.05, 3.63) is 60.2 Å². The number of carbonyl (C=O) groups excluding carboxylic acids is 3. The van der Waals surface area contributed by atoms with Crippen molar-refractivity contribution in [3.8, 4) is 0 Å². The first kappa shape index (κ1) is 23.2. The molecule has 1 aromatic carbocycles. The van der Waals surface area contributed by atoms with Crippen LogP contribution in [0.4, 0.5) is 0 Å². The molecule has 1 N–H and O–H groups in total. The third kappa shape index (κ3) is 3.58. The van der Waals surface area contributed by atoms with Gasteiger partial charge in [-0.2, -0.15) is 0 Å². The fourth-order valence-corrected chi connectivity index (χ4v) is 8.01. The quantitative estimate of drug-likeness (QED) is 0.626. The molecule has 0 aliphatic carbocycles. The highest BCUT2D eigenvalue weighted by molar-refractivity contribution is 8.02. The highest BCUT2D eigenvalue weighted by atomic mass is 32.2. The van der Waals surface area contributed by atoms with Gasteiger partial charge in [0.1, 0.15) is 6.04 Å². The molecule has 3 amide bonds. The Morgan fingerprint density at radius 1 is 1.00 bits per heavy atom. The molecular weight excluding hydrogens is 450 g/mol. The largest absolute Gasteiger partial charge is 0.395 e. The summed E-state index contributed by atoms with van der Waals surface area (Å²) >= 11 is 1.58. The molecule has 8 heteroatoms. The number of thioether (sulfide) groups is 1. The summed E-state index contributed by atoms with van der Waals surface area (Å²) in [6, 6.07) is 9.07. The number of benzene rings is 1. The summed E-state index contributed by atoms with van der Waals surface area (Å²) in [5.41, 5.74) is 1.02. The number of hydrogen-bond donors (Lipinski definition) is 1. The number of likely N-dealkylation sites (tertiary alicyclic amines) is 1. The summed E-state index contributed by atoms with van der Waals surface area (Å²) in [4.78, 5) is 46.6. The van der Waals surface area contributed by atoms with Gasteiger partial charge in [0.15, 0.2) is 0 Å². The number of amides is 3. The van der Waals surface area contributed by atoms with Crippen LogP contribution >= 0.6 is 11.8 Å². The number of β-amino-alcohol motifs (C(OH)–C–C–N with tert-alkyl or cyclic N) is 1. The molecule has 2 saturated heterocycles. The lowest BCUT2D eigenvalue weighted by atomic mass is 9.78. The second-order valence-electron chi connectivity index (χ2n) is 9.42. The maximum absolute atomic E-state index is 14.0. The van der Waals surface area contributed by atoms with E-state index in [0.29, 0.717) is 26.2 Å². The van der Waals surface area contributed by atoms with Crippen LogP contribution in [-0.4, -0.2) is 86.4 Å². The van der Waals surface area contributed by atoms with E-state index in [-0.39, 0.29) is 36.1 Å². The SMILES string of the molecule is CCCN1CC=C[C@H]2S[C@]34C=CCN(Cc5ccccc5)C(=O)C3N(CCO)C(=O)[C@@H]4[C@H]2C1=O. The van der Waals surface area contributed by atoms with Gasteiger partial charge in [-0.25, -0.2) is 0 Å². The zero-order valence-electron chi connectivity index (χ0n) is 19.4. The Bertz CT molecular complexity index is 1030. The molecule has 1 aromatic rings. The average Bonchev–Trinajstić information content (AvgIpc) is 3.15. The van der Waals surface area contributed by atoms with Crippen LogP contribution in [0.15, 0.2) is 54.6 Å². The zero-order chi connectivity index (χ0) is 23.9. The Morgan fingerprint density at radius 3 is 2.50 bits per heavy atom. The number of nitrogens with zero attached hydrogens (tertiary/aromatic N) is 3. The lowest BCUT2D eigenvalue weighted by Crippen LogP contribution is -2.53. The molecule has 0 bridgehead atoms. The van der Waals surface area contributed by atoms with Gasteiger partial charge in [-0.05, 0) is 12.0 Å². The van der Waals surface area contributed by atoms with Crippen LogP contribution in [0.1, 0.15) is 18.9 Å². The van der Waals surface area contributed by atoms with E-state index in [9.17, 15) is 19.5 Å². The fraction of sp³-hybridized carbons (Fsp3) is 0.500. The van der Waals surface area contributed by atoms with Crippen molar-refractivity contribution in [1.29, 1.82) is 0 Å². The van der Waals surface area contributed by atoms with Crippen LogP contribution in [0.25, 0.3) is 0 Å². The zero-order valence-corrected chi connectivity index (χ0v) is 20.2. The van der Waals surface area contributed by atoms with Crippen LogP contribution in [-0.2, 0) is 20.9 Å². The van der Waals surface area contributed by atoms with Gasteiger partial charge in [-0.1, -0.05) is 61.6 Å². The third-order valence-corrected chi connectivity index (χ3v) is 9.12. The summed E-state index contributed by atoms with van der Waals surface area (Å²) in [6.07, 6.45) is 8.93. The first-order chi connectivity index (χ1) is 16.5. The van der Waals surface area contributed by atoms with Gasteiger partial charge < -0.3 is 19.8 Å². The minimum Gasteiger partial charge on any atom is -0.395 e. The molecular formula is C26H31N3O4S. The number of aliphatic hydroxyl groups excluding tert-OH is 1. The second-order valence-corrected chi connectivity index (χ2v) is 10.9. The van der Waals surface area contributed by atoms with Gasteiger partial charge >= 0.3 is 0 Å². The summed E-state index contributed by atoms with van der Waals surface area (Å²) < 4.78 is -0.820. The Hall–Kier alpha value is -2.58. The molecule has 0 saturated carbocycles. The number of aliphatic hydroxyl groups is 1. The van der Waals surface area contributed by atoms with Gasteiger partial charge in [-0.3, -0.25) is 14.4 Å². The minimum absolute atomic E-state index is 0.00425. The van der Waals surface area contributed by atoms with Crippen molar-refractivity contribution in [1.82, 2.24) is 14.7 Å². The molecule has 4 aliphatic rings. The van der Waals surface area contributed by atoms with E-state index in [1.807, 2.05) is 60.4 Å². The first-order valence-electron chi connectivity index (χ1n) is 12.1. The van der Waals surface area contributed by atoms with Crippen molar-refractivity contribution in [3.63, 3.8) is 0 Å². The van der Waals surface area contributed by atoms with E-state index in [2.05, 4.69) is 6.08 Å². The monoisotopic (exact) mass is 481 g/mol. The molecule has 2 fully saturated rings. The highest BCUT2D eigenvalue weighted by Crippen LogP contribution is 2.61. The van der Waals surface area contributed by atoms with Gasteiger partial charge in [0.2, 0.25) is 17.7 Å². The highest BCUT2D eigenvalue weighted by Gasteiger charge is 2.70. The van der Waals surface area contributed by atoms with Crippen LogP contribution in [0.3, 0.4) is 0 Å². The lowest BCUT2D eigenvalue weighted by Gasteiger charge is -2.35. The molecule has 4 aliphatic heterocycles. The third-order valence-electron chi connectivity index (χ3n) is 7.38. The van der Waals surface area contributed by atoms with Crippen molar-refractivity contribution in [2.45, 2.75) is 35.9 Å². The van der Waals surface area contributed by atoms with E-state index >= 15 is 0 Å². The first-order valence-corrected chi connectivity index (χ1v) is 12.9. The Labute approximate surface area is 204 Å². The van der Waals surface area contributed by atoms with Gasteiger partial charge in [0, 0.05) is 38.0 Å². The predicted octanol–water partition coefficient (Wildman–Crippen LogP) is 1.68. The molecule has 1 spiro atoms. The molecule has 0 radical (unpaired) electrons. The molecule has 180 valence electrons. The number of fused-ring (bicyclic) bond motifs is 2. The smallest absolute Gasteiger partial charge is 0.247 e. The van der Waals surface area contributed by atoms with Crippen LogP contribution in [0.2, 0.25) is 0 Å². The van der Waals surface area contributed by atoms with Gasteiger partial charge in [-0.15, -0.1) is 11.8 Å². The summed E-state index contributed by atoms with van der Waals surface area (Å²) in [7, 11) is 0. The molecule has 5 rings (SSSR count). The maximum Gasteiger partial charge on any atom is 0.247 e. The molecule has 34 heavy (non-hydrogen) atoms. The Morgan fingerprint density at radius 2 is 1.76 bits per heavy atom. The Balaban J connectivity index is 1.54. The van der Waals surface area contributed by atoms with E-state index in [0.717, 1.165) is 12.0 Å². The van der Waals surface area contributed by atoms with Crippen molar-refractivity contribution >= 4 is 29.5 Å². The topological polar surface area (TPSA) is 81.2 Å². The van der Waals surface area contributed by atoms with Crippen molar-refractivity contribution in [2.75, 3.05) is 32.8 Å². The number of hydrogen-bond acceptors (Lipinski definition) is 5. The van der Waals surface area contributed by atoms with Crippen molar-refractivity contribution in [2.24, 2.45) is 11.8 Å². The van der Waals surface area contributed by atoms with E-state index in [1.54, 1.807) is 16.7 Å². The summed E-state index contributed by atoms with van der Waals surface area (Å²) in [6.45, 7) is 3.99. The normalized spacial score (nSPS) is 32.5. The average molecular weight is 482 g/mol.